The van der Waals surface area contributed by atoms with Gasteiger partial charge in [-0.15, -0.1) is 0 Å². The lowest BCUT2D eigenvalue weighted by Gasteiger charge is -2.16. The number of rotatable bonds is 8. The van der Waals surface area contributed by atoms with Crippen molar-refractivity contribution in [1.29, 1.82) is 0 Å². The molecule has 0 radical (unpaired) electrons. The van der Waals surface area contributed by atoms with Gasteiger partial charge in [-0.2, -0.15) is 0 Å². The third-order valence-corrected chi connectivity index (χ3v) is 3.91. The van der Waals surface area contributed by atoms with Gasteiger partial charge >= 0.3 is 0 Å². The molecule has 24 heavy (non-hydrogen) atoms. The number of anilines is 1. The molecule has 2 aromatic carbocycles. The number of amides is 1. The van der Waals surface area contributed by atoms with E-state index in [1.807, 2.05) is 62.4 Å². The van der Waals surface area contributed by atoms with Gasteiger partial charge in [-0.1, -0.05) is 48.9 Å². The van der Waals surface area contributed by atoms with Gasteiger partial charge in [0.1, 0.15) is 5.75 Å². The van der Waals surface area contributed by atoms with E-state index >= 15 is 0 Å². The number of para-hydroxylation sites is 2. The van der Waals surface area contributed by atoms with Crippen molar-refractivity contribution in [3.63, 3.8) is 0 Å². The van der Waals surface area contributed by atoms with Crippen molar-refractivity contribution in [3.05, 3.63) is 59.1 Å². The van der Waals surface area contributed by atoms with Gasteiger partial charge in [-0.05, 0) is 37.1 Å². The number of nitrogens with one attached hydrogen (secondary N) is 2. The molecule has 2 N–H and O–H groups in total. The predicted octanol–water partition coefficient (Wildman–Crippen LogP) is 4.42. The zero-order valence-corrected chi connectivity index (χ0v) is 14.8. The van der Waals surface area contributed by atoms with E-state index in [0.717, 1.165) is 12.0 Å². The lowest BCUT2D eigenvalue weighted by atomic mass is 10.1. The Balaban J connectivity index is 1.91. The summed E-state index contributed by atoms with van der Waals surface area (Å²) in [6, 6.07) is 15.0. The van der Waals surface area contributed by atoms with Crippen molar-refractivity contribution >= 4 is 23.2 Å². The summed E-state index contributed by atoms with van der Waals surface area (Å²) < 4.78 is 5.65. The number of ether oxygens (including phenoxy) is 1. The molecule has 0 saturated heterocycles. The third-order valence-electron chi connectivity index (χ3n) is 3.56. The minimum atomic E-state index is -0.124. The van der Waals surface area contributed by atoms with Crippen LogP contribution in [0.4, 0.5) is 5.69 Å². The fraction of sp³-hybridized carbons (Fsp3) is 0.316. The van der Waals surface area contributed by atoms with E-state index in [1.165, 1.54) is 0 Å². The third kappa shape index (κ3) is 5.25. The van der Waals surface area contributed by atoms with Crippen LogP contribution in [0.5, 0.6) is 5.75 Å². The summed E-state index contributed by atoms with van der Waals surface area (Å²) in [7, 11) is 0. The highest BCUT2D eigenvalue weighted by molar-refractivity contribution is 6.31. The van der Waals surface area contributed by atoms with Crippen LogP contribution in [-0.4, -0.2) is 19.1 Å². The Morgan fingerprint density at radius 2 is 1.88 bits per heavy atom. The van der Waals surface area contributed by atoms with Crippen LogP contribution in [0.1, 0.15) is 31.9 Å². The molecule has 128 valence electrons. The van der Waals surface area contributed by atoms with E-state index in [-0.39, 0.29) is 18.5 Å². The van der Waals surface area contributed by atoms with Crippen LogP contribution in [0.25, 0.3) is 0 Å². The van der Waals surface area contributed by atoms with Gasteiger partial charge < -0.3 is 15.4 Å². The molecular weight excluding hydrogens is 324 g/mol. The van der Waals surface area contributed by atoms with Crippen LogP contribution in [-0.2, 0) is 4.79 Å². The molecule has 0 aliphatic rings. The van der Waals surface area contributed by atoms with E-state index < -0.39 is 0 Å². The minimum Gasteiger partial charge on any atom is -0.491 e. The van der Waals surface area contributed by atoms with Crippen molar-refractivity contribution in [2.24, 2.45) is 0 Å². The molecule has 0 heterocycles. The van der Waals surface area contributed by atoms with Gasteiger partial charge in [-0.3, -0.25) is 4.79 Å². The Labute approximate surface area is 148 Å². The van der Waals surface area contributed by atoms with Gasteiger partial charge in [-0.25, -0.2) is 0 Å². The van der Waals surface area contributed by atoms with Crippen molar-refractivity contribution in [1.82, 2.24) is 5.32 Å². The van der Waals surface area contributed by atoms with E-state index in [1.54, 1.807) is 0 Å². The Bertz CT molecular complexity index is 676. The first-order valence-corrected chi connectivity index (χ1v) is 8.49. The minimum absolute atomic E-state index is 0.0176. The van der Waals surface area contributed by atoms with Gasteiger partial charge in [0.05, 0.1) is 18.8 Å². The van der Waals surface area contributed by atoms with Crippen molar-refractivity contribution in [2.45, 2.75) is 26.3 Å². The summed E-state index contributed by atoms with van der Waals surface area (Å²) in [5.41, 5.74) is 1.65. The van der Waals surface area contributed by atoms with Crippen LogP contribution >= 0.6 is 11.6 Å². The standard InChI is InChI=1S/C19H23ClN2O2/c1-3-12-24-18-11-7-6-10-17(18)22-19(23)13-21-14(2)15-8-4-5-9-16(15)20/h4-11,14,21H,3,12-13H2,1-2H3,(H,22,23). The van der Waals surface area contributed by atoms with Gasteiger partial charge in [0.15, 0.2) is 0 Å². The molecule has 0 aliphatic heterocycles. The first-order chi connectivity index (χ1) is 11.6. The molecular formula is C19H23ClN2O2. The van der Waals surface area contributed by atoms with Crippen molar-refractivity contribution < 1.29 is 9.53 Å². The number of carbonyl (C=O) groups excluding carboxylic acids is 1. The number of carbonyl (C=O) groups is 1. The molecule has 1 unspecified atom stereocenters. The normalized spacial score (nSPS) is 11.8. The molecule has 0 bridgehead atoms. The zero-order valence-electron chi connectivity index (χ0n) is 14.0. The predicted molar refractivity (Wildman–Crippen MR) is 98.7 cm³/mol. The lowest BCUT2D eigenvalue weighted by Crippen LogP contribution is -2.30. The number of halogens is 1. The SMILES string of the molecule is CCCOc1ccccc1NC(=O)CNC(C)c1ccccc1Cl. The average Bonchev–Trinajstić information content (AvgIpc) is 2.59. The molecule has 2 rings (SSSR count). The highest BCUT2D eigenvalue weighted by Gasteiger charge is 2.12. The molecule has 1 amide bonds. The molecule has 0 spiro atoms. The fourth-order valence-corrected chi connectivity index (χ4v) is 2.58. The van der Waals surface area contributed by atoms with Crippen LogP contribution in [0, 0.1) is 0 Å². The zero-order chi connectivity index (χ0) is 17.4. The topological polar surface area (TPSA) is 50.4 Å². The van der Waals surface area contributed by atoms with Gasteiger partial charge in [0.2, 0.25) is 5.91 Å². The van der Waals surface area contributed by atoms with E-state index in [0.29, 0.717) is 23.1 Å². The van der Waals surface area contributed by atoms with Gasteiger partial charge in [0.25, 0.3) is 0 Å². The summed E-state index contributed by atoms with van der Waals surface area (Å²) >= 11 is 6.18. The molecule has 0 aliphatic carbocycles. The first-order valence-electron chi connectivity index (χ1n) is 8.11. The Hall–Kier alpha value is -2.04. The molecule has 1 atom stereocenters. The maximum atomic E-state index is 12.2. The van der Waals surface area contributed by atoms with Crippen LogP contribution < -0.4 is 15.4 Å². The largest absolute Gasteiger partial charge is 0.491 e. The molecule has 0 aromatic heterocycles. The van der Waals surface area contributed by atoms with E-state index in [9.17, 15) is 4.79 Å². The Morgan fingerprint density at radius 1 is 1.17 bits per heavy atom. The van der Waals surface area contributed by atoms with E-state index in [4.69, 9.17) is 16.3 Å². The second kappa shape index (κ2) is 9.30. The quantitative estimate of drug-likeness (QED) is 0.744. The molecule has 2 aromatic rings. The van der Waals surface area contributed by atoms with Crippen LogP contribution in [0.2, 0.25) is 5.02 Å². The van der Waals surface area contributed by atoms with Crippen molar-refractivity contribution in [3.8, 4) is 5.75 Å². The van der Waals surface area contributed by atoms with E-state index in [2.05, 4.69) is 10.6 Å². The summed E-state index contributed by atoms with van der Waals surface area (Å²) in [5.74, 6) is 0.563. The summed E-state index contributed by atoms with van der Waals surface area (Å²) in [5, 5.41) is 6.76. The smallest absolute Gasteiger partial charge is 0.238 e. The maximum Gasteiger partial charge on any atom is 0.238 e. The van der Waals surface area contributed by atoms with Crippen LogP contribution in [0.3, 0.4) is 0 Å². The molecule has 5 heteroatoms. The number of benzene rings is 2. The number of hydrogen-bond acceptors (Lipinski definition) is 3. The fourth-order valence-electron chi connectivity index (χ4n) is 2.28. The molecule has 4 nitrogen and oxygen atoms in total. The van der Waals surface area contributed by atoms with Gasteiger partial charge in [0, 0.05) is 11.1 Å². The second-order valence-corrected chi connectivity index (χ2v) is 5.92. The monoisotopic (exact) mass is 346 g/mol. The Kier molecular flexibility index (Phi) is 7.09. The molecule has 0 saturated carbocycles. The highest BCUT2D eigenvalue weighted by Crippen LogP contribution is 2.24. The summed E-state index contributed by atoms with van der Waals surface area (Å²) in [4.78, 5) is 12.2. The maximum absolute atomic E-state index is 12.2. The summed E-state index contributed by atoms with van der Waals surface area (Å²) in [6.45, 7) is 4.83. The first kappa shape index (κ1) is 18.3. The highest BCUT2D eigenvalue weighted by atomic mass is 35.5. The summed E-state index contributed by atoms with van der Waals surface area (Å²) in [6.07, 6.45) is 0.916. The lowest BCUT2D eigenvalue weighted by molar-refractivity contribution is -0.115. The van der Waals surface area contributed by atoms with Crippen molar-refractivity contribution in [2.75, 3.05) is 18.5 Å². The Morgan fingerprint density at radius 3 is 2.62 bits per heavy atom. The van der Waals surface area contributed by atoms with Crippen LogP contribution in [0.15, 0.2) is 48.5 Å². The second-order valence-electron chi connectivity index (χ2n) is 5.52. The number of hydrogen-bond donors (Lipinski definition) is 2. The molecule has 0 fully saturated rings. The average molecular weight is 347 g/mol.